The Hall–Kier alpha value is -0.420. The molecule has 4 heteroatoms. The molecule has 3 nitrogen and oxygen atoms in total. The van der Waals surface area contributed by atoms with Gasteiger partial charge in [0.25, 0.3) is 0 Å². The van der Waals surface area contributed by atoms with Gasteiger partial charge in [0.05, 0.1) is 18.8 Å². The smallest absolute Gasteiger partial charge is 0.0898 e. The van der Waals surface area contributed by atoms with Crippen molar-refractivity contribution >= 4 is 15.9 Å². The summed E-state index contributed by atoms with van der Waals surface area (Å²) in [7, 11) is 0. The molecule has 0 aromatic heterocycles. The number of hydrogen-bond donors (Lipinski definition) is 2. The summed E-state index contributed by atoms with van der Waals surface area (Å²) in [4.78, 5) is 0. The minimum Gasteiger partial charge on any atom is -0.389 e. The van der Waals surface area contributed by atoms with E-state index in [0.717, 1.165) is 10.9 Å². The van der Waals surface area contributed by atoms with Crippen LogP contribution in [0.1, 0.15) is 45.7 Å². The second-order valence-electron chi connectivity index (χ2n) is 6.08. The van der Waals surface area contributed by atoms with E-state index in [9.17, 15) is 5.11 Å². The highest BCUT2D eigenvalue weighted by Gasteiger charge is 2.13. The Bertz CT molecular complexity index is 412. The van der Waals surface area contributed by atoms with E-state index in [4.69, 9.17) is 4.74 Å². The number of ether oxygens (including phenoxy) is 1. The van der Waals surface area contributed by atoms with Crippen molar-refractivity contribution in [3.8, 4) is 0 Å². The summed E-state index contributed by atoms with van der Waals surface area (Å²) in [5.41, 5.74) is 1.19. The SMILES string of the molecule is CC(C)CC(C)OCC(O)CN[C@H](C)c1ccccc1Br. The molecule has 0 aliphatic carbocycles. The fraction of sp³-hybridized carbons (Fsp3) is 0.647. The highest BCUT2D eigenvalue weighted by atomic mass is 79.9. The van der Waals surface area contributed by atoms with Crippen molar-refractivity contribution in [1.82, 2.24) is 5.32 Å². The lowest BCUT2D eigenvalue weighted by Crippen LogP contribution is -2.33. The summed E-state index contributed by atoms with van der Waals surface area (Å²) in [5.74, 6) is 0.616. The average molecular weight is 358 g/mol. The molecule has 21 heavy (non-hydrogen) atoms. The van der Waals surface area contributed by atoms with Crippen molar-refractivity contribution in [3.63, 3.8) is 0 Å². The van der Waals surface area contributed by atoms with Gasteiger partial charge in [-0.15, -0.1) is 0 Å². The lowest BCUT2D eigenvalue weighted by molar-refractivity contribution is -0.00915. The summed E-state index contributed by atoms with van der Waals surface area (Å²) >= 11 is 3.55. The van der Waals surface area contributed by atoms with Gasteiger partial charge < -0.3 is 15.2 Å². The van der Waals surface area contributed by atoms with Crippen LogP contribution in [0.4, 0.5) is 0 Å². The fourth-order valence-electron chi connectivity index (χ4n) is 2.32. The normalized spacial score (nSPS) is 16.0. The van der Waals surface area contributed by atoms with Crippen molar-refractivity contribution < 1.29 is 9.84 Å². The van der Waals surface area contributed by atoms with E-state index < -0.39 is 6.10 Å². The van der Waals surface area contributed by atoms with E-state index in [1.54, 1.807) is 0 Å². The van der Waals surface area contributed by atoms with Gasteiger partial charge in [-0.25, -0.2) is 0 Å². The molecule has 0 fully saturated rings. The zero-order valence-electron chi connectivity index (χ0n) is 13.5. The molecule has 2 N–H and O–H groups in total. The quantitative estimate of drug-likeness (QED) is 0.703. The number of nitrogens with one attached hydrogen (secondary N) is 1. The van der Waals surface area contributed by atoms with Crippen LogP contribution in [-0.2, 0) is 4.74 Å². The molecule has 0 saturated carbocycles. The van der Waals surface area contributed by atoms with E-state index >= 15 is 0 Å². The number of halogens is 1. The summed E-state index contributed by atoms with van der Waals surface area (Å²) < 4.78 is 6.76. The maximum absolute atomic E-state index is 10.00. The molecule has 120 valence electrons. The van der Waals surface area contributed by atoms with Gasteiger partial charge in [-0.3, -0.25) is 0 Å². The first-order valence-electron chi connectivity index (χ1n) is 7.67. The first-order valence-corrected chi connectivity index (χ1v) is 8.47. The molecule has 0 amide bonds. The maximum atomic E-state index is 10.00. The minimum atomic E-state index is -0.482. The lowest BCUT2D eigenvalue weighted by Gasteiger charge is -2.21. The predicted molar refractivity (Wildman–Crippen MR) is 91.4 cm³/mol. The van der Waals surface area contributed by atoms with Crippen LogP contribution in [0.3, 0.4) is 0 Å². The molecule has 1 aromatic carbocycles. The van der Waals surface area contributed by atoms with Crippen LogP contribution in [0.15, 0.2) is 28.7 Å². The second kappa shape index (κ2) is 9.57. The number of hydrogen-bond acceptors (Lipinski definition) is 3. The summed E-state index contributed by atoms with van der Waals surface area (Å²) in [5, 5.41) is 13.3. The molecule has 0 bridgehead atoms. The molecule has 2 unspecified atom stereocenters. The maximum Gasteiger partial charge on any atom is 0.0898 e. The minimum absolute atomic E-state index is 0.184. The van der Waals surface area contributed by atoms with E-state index in [1.165, 1.54) is 5.56 Å². The monoisotopic (exact) mass is 357 g/mol. The Morgan fingerprint density at radius 2 is 1.86 bits per heavy atom. The van der Waals surface area contributed by atoms with E-state index in [2.05, 4.69) is 55.0 Å². The molecule has 0 heterocycles. The first-order chi connectivity index (χ1) is 9.90. The van der Waals surface area contributed by atoms with E-state index in [0.29, 0.717) is 19.1 Å². The third-order valence-corrected chi connectivity index (χ3v) is 4.13. The van der Waals surface area contributed by atoms with Crippen LogP contribution in [0, 0.1) is 5.92 Å². The molecular weight excluding hydrogens is 330 g/mol. The highest BCUT2D eigenvalue weighted by Crippen LogP contribution is 2.22. The zero-order chi connectivity index (χ0) is 15.8. The Morgan fingerprint density at radius 3 is 2.48 bits per heavy atom. The third kappa shape index (κ3) is 7.41. The molecule has 0 aliphatic rings. The standard InChI is InChI=1S/C17H28BrNO2/c1-12(2)9-13(3)21-11-15(20)10-19-14(4)16-7-5-6-8-17(16)18/h5-8,12-15,19-20H,9-11H2,1-4H3/t13?,14-,15?/m1/s1. The first kappa shape index (κ1) is 18.6. The van der Waals surface area contributed by atoms with E-state index in [1.807, 2.05) is 18.2 Å². The van der Waals surface area contributed by atoms with Crippen LogP contribution in [0.25, 0.3) is 0 Å². The van der Waals surface area contributed by atoms with Gasteiger partial charge in [-0.1, -0.05) is 48.0 Å². The average Bonchev–Trinajstić information content (AvgIpc) is 2.42. The fourth-order valence-corrected chi connectivity index (χ4v) is 2.94. The van der Waals surface area contributed by atoms with Gasteiger partial charge in [0.15, 0.2) is 0 Å². The van der Waals surface area contributed by atoms with Crippen molar-refractivity contribution in [2.75, 3.05) is 13.2 Å². The number of aliphatic hydroxyl groups excluding tert-OH is 1. The van der Waals surface area contributed by atoms with Crippen molar-refractivity contribution in [2.24, 2.45) is 5.92 Å². The van der Waals surface area contributed by atoms with Gasteiger partial charge in [-0.05, 0) is 37.8 Å². The highest BCUT2D eigenvalue weighted by molar-refractivity contribution is 9.10. The Labute approximate surface area is 137 Å². The van der Waals surface area contributed by atoms with Crippen molar-refractivity contribution in [3.05, 3.63) is 34.3 Å². The third-order valence-electron chi connectivity index (χ3n) is 3.41. The van der Waals surface area contributed by atoms with Crippen LogP contribution in [0.2, 0.25) is 0 Å². The Balaban J connectivity index is 2.29. The van der Waals surface area contributed by atoms with Gasteiger partial charge in [0.2, 0.25) is 0 Å². The van der Waals surface area contributed by atoms with E-state index in [-0.39, 0.29) is 12.1 Å². The van der Waals surface area contributed by atoms with Crippen LogP contribution < -0.4 is 5.32 Å². The lowest BCUT2D eigenvalue weighted by atomic mass is 10.1. The van der Waals surface area contributed by atoms with Crippen LogP contribution >= 0.6 is 15.9 Å². The molecule has 0 spiro atoms. The molecule has 0 aliphatic heterocycles. The zero-order valence-corrected chi connectivity index (χ0v) is 15.1. The number of rotatable bonds is 9. The topological polar surface area (TPSA) is 41.5 Å². The number of aliphatic hydroxyl groups is 1. The van der Waals surface area contributed by atoms with Gasteiger partial charge in [0.1, 0.15) is 0 Å². The summed E-state index contributed by atoms with van der Waals surface area (Å²) in [6.45, 7) is 9.41. The van der Waals surface area contributed by atoms with Crippen LogP contribution in [-0.4, -0.2) is 30.5 Å². The van der Waals surface area contributed by atoms with Crippen LogP contribution in [0.5, 0.6) is 0 Å². The van der Waals surface area contributed by atoms with Gasteiger partial charge >= 0.3 is 0 Å². The van der Waals surface area contributed by atoms with Crippen molar-refractivity contribution in [2.45, 2.75) is 52.4 Å². The van der Waals surface area contributed by atoms with Crippen molar-refractivity contribution in [1.29, 1.82) is 0 Å². The van der Waals surface area contributed by atoms with Gasteiger partial charge in [-0.2, -0.15) is 0 Å². The second-order valence-corrected chi connectivity index (χ2v) is 6.93. The molecule has 0 radical (unpaired) electrons. The molecule has 1 rings (SSSR count). The molecule has 3 atom stereocenters. The van der Waals surface area contributed by atoms with Gasteiger partial charge in [0, 0.05) is 17.1 Å². The predicted octanol–water partition coefficient (Wildman–Crippen LogP) is 3.91. The molecule has 1 aromatic rings. The molecular formula is C17H28BrNO2. The number of benzene rings is 1. The Morgan fingerprint density at radius 1 is 1.19 bits per heavy atom. The summed E-state index contributed by atoms with van der Waals surface area (Å²) in [6, 6.07) is 8.31. The summed E-state index contributed by atoms with van der Waals surface area (Å²) in [6.07, 6.45) is 0.734. The molecule has 0 saturated heterocycles. The largest absolute Gasteiger partial charge is 0.389 e. The Kier molecular flexibility index (Phi) is 8.49.